The molecule has 3 heterocycles. The third kappa shape index (κ3) is 5.96. The number of oxime groups is 1. The number of rotatable bonds is 10. The molecule has 0 saturated heterocycles. The largest absolute Gasteiger partial charge is 0.399 e. The van der Waals surface area contributed by atoms with Crippen LogP contribution in [0, 0.1) is 5.41 Å². The maximum absolute atomic E-state index is 13.9. The first-order valence-corrected chi connectivity index (χ1v) is 13.9. The highest BCUT2D eigenvalue weighted by Gasteiger charge is 2.22. The lowest BCUT2D eigenvalue weighted by molar-refractivity contribution is 0.207. The molecule has 212 valence electrons. The summed E-state index contributed by atoms with van der Waals surface area (Å²) in [5.41, 5.74) is 5.82. The van der Waals surface area contributed by atoms with Crippen molar-refractivity contribution >= 4 is 16.7 Å². The SMILES string of the molecule is CCCCc1nc2ccn(CC(=NOC)C(C)(C)C)c(=O)c2n1Cc1ccc(-c2ccccc2-c2nn[nH]n2)cc1. The second-order valence-corrected chi connectivity index (χ2v) is 11.1. The summed E-state index contributed by atoms with van der Waals surface area (Å²) in [5.74, 6) is 1.47. The number of tetrazole rings is 1. The van der Waals surface area contributed by atoms with E-state index in [-0.39, 0.29) is 11.0 Å². The summed E-state index contributed by atoms with van der Waals surface area (Å²) in [6.07, 6.45) is 4.65. The van der Waals surface area contributed by atoms with Gasteiger partial charge in [-0.15, -0.1) is 10.2 Å². The minimum Gasteiger partial charge on any atom is -0.399 e. The monoisotopic (exact) mass is 552 g/mol. The number of nitrogens with one attached hydrogen (secondary N) is 1. The zero-order valence-corrected chi connectivity index (χ0v) is 24.3. The number of pyridine rings is 1. The summed E-state index contributed by atoms with van der Waals surface area (Å²) in [7, 11) is 1.53. The van der Waals surface area contributed by atoms with Crippen LogP contribution >= 0.6 is 0 Å². The Balaban J connectivity index is 1.52. The summed E-state index contributed by atoms with van der Waals surface area (Å²) in [5, 5.41) is 18.8. The molecule has 3 aromatic heterocycles. The zero-order chi connectivity index (χ0) is 29.0. The molecule has 41 heavy (non-hydrogen) atoms. The van der Waals surface area contributed by atoms with Gasteiger partial charge < -0.3 is 14.0 Å². The van der Waals surface area contributed by atoms with Gasteiger partial charge in [0, 0.05) is 30.1 Å². The predicted molar refractivity (Wildman–Crippen MR) is 161 cm³/mol. The van der Waals surface area contributed by atoms with E-state index >= 15 is 0 Å². The topological polar surface area (TPSA) is 116 Å². The fourth-order valence-electron chi connectivity index (χ4n) is 4.90. The van der Waals surface area contributed by atoms with Crippen molar-refractivity contribution in [3.05, 3.63) is 82.5 Å². The molecule has 10 nitrogen and oxygen atoms in total. The van der Waals surface area contributed by atoms with E-state index in [0.717, 1.165) is 53.1 Å². The van der Waals surface area contributed by atoms with Gasteiger partial charge in [-0.3, -0.25) is 4.79 Å². The van der Waals surface area contributed by atoms with Crippen molar-refractivity contribution in [3.8, 4) is 22.5 Å². The quantitative estimate of drug-likeness (QED) is 0.181. The van der Waals surface area contributed by atoms with Crippen LogP contribution in [0.15, 0.2) is 70.7 Å². The lowest BCUT2D eigenvalue weighted by atomic mass is 9.90. The van der Waals surface area contributed by atoms with Gasteiger partial charge in [0.15, 0.2) is 0 Å². The van der Waals surface area contributed by atoms with Gasteiger partial charge in [0.05, 0.1) is 17.8 Å². The van der Waals surface area contributed by atoms with Crippen molar-refractivity contribution in [1.29, 1.82) is 0 Å². The molecular weight excluding hydrogens is 516 g/mol. The highest BCUT2D eigenvalue weighted by Crippen LogP contribution is 2.30. The Kier molecular flexibility index (Phi) is 8.09. The molecular formula is C31H36N8O2. The Hall–Kier alpha value is -4.60. The summed E-state index contributed by atoms with van der Waals surface area (Å²) in [4.78, 5) is 23.9. The number of aryl methyl sites for hydroxylation is 1. The van der Waals surface area contributed by atoms with Gasteiger partial charge in [-0.05, 0) is 34.4 Å². The standard InChI is InChI=1S/C31H36N8O2/c1-6-7-12-27-32-25-17-18-38(20-26(35-41-5)31(2,3)4)30(40)28(25)39(27)19-21-13-15-22(16-14-21)23-10-8-9-11-24(23)29-33-36-37-34-29/h8-11,13-18H,6-7,12,19-20H2,1-5H3,(H,33,34,36,37). The maximum Gasteiger partial charge on any atom is 0.277 e. The van der Waals surface area contributed by atoms with Crippen LogP contribution in [-0.2, 0) is 24.3 Å². The second-order valence-electron chi connectivity index (χ2n) is 11.1. The van der Waals surface area contributed by atoms with Crippen molar-refractivity contribution in [1.82, 2.24) is 34.7 Å². The molecule has 0 unspecified atom stereocenters. The molecule has 0 fully saturated rings. The number of benzene rings is 2. The highest BCUT2D eigenvalue weighted by molar-refractivity contribution is 5.89. The Morgan fingerprint density at radius 3 is 2.46 bits per heavy atom. The van der Waals surface area contributed by atoms with E-state index in [0.29, 0.717) is 29.9 Å². The molecule has 2 aromatic carbocycles. The van der Waals surface area contributed by atoms with Gasteiger partial charge in [0.25, 0.3) is 5.56 Å². The zero-order valence-electron chi connectivity index (χ0n) is 24.3. The lowest BCUT2D eigenvalue weighted by Crippen LogP contribution is -2.31. The Morgan fingerprint density at radius 2 is 1.80 bits per heavy atom. The van der Waals surface area contributed by atoms with Gasteiger partial charge >= 0.3 is 0 Å². The Morgan fingerprint density at radius 1 is 1.05 bits per heavy atom. The lowest BCUT2D eigenvalue weighted by Gasteiger charge is -2.21. The molecule has 0 aliphatic heterocycles. The molecule has 5 rings (SSSR count). The Labute approximate surface area is 239 Å². The predicted octanol–water partition coefficient (Wildman–Crippen LogP) is 5.48. The maximum atomic E-state index is 13.9. The summed E-state index contributed by atoms with van der Waals surface area (Å²) >= 11 is 0. The number of aromatic nitrogens is 7. The van der Waals surface area contributed by atoms with Crippen LogP contribution in [0.3, 0.4) is 0 Å². The van der Waals surface area contributed by atoms with Crippen molar-refractivity contribution in [3.63, 3.8) is 0 Å². The van der Waals surface area contributed by atoms with E-state index in [4.69, 9.17) is 9.82 Å². The number of imidazole rings is 1. The second kappa shape index (κ2) is 11.9. The van der Waals surface area contributed by atoms with Gasteiger partial charge in [-0.1, -0.05) is 87.8 Å². The molecule has 0 radical (unpaired) electrons. The summed E-state index contributed by atoms with van der Waals surface area (Å²) in [6, 6.07) is 18.3. The third-order valence-corrected chi connectivity index (χ3v) is 7.21. The number of unbranched alkanes of at least 4 members (excludes halogenated alkanes) is 1. The summed E-state index contributed by atoms with van der Waals surface area (Å²) < 4.78 is 3.78. The first-order valence-electron chi connectivity index (χ1n) is 13.9. The summed E-state index contributed by atoms with van der Waals surface area (Å²) in [6.45, 7) is 9.23. The normalized spacial score (nSPS) is 12.3. The molecule has 0 amide bonds. The van der Waals surface area contributed by atoms with Gasteiger partial charge in [0.1, 0.15) is 18.5 Å². The van der Waals surface area contributed by atoms with Crippen molar-refractivity contribution in [2.75, 3.05) is 7.11 Å². The molecule has 0 aliphatic rings. The van der Waals surface area contributed by atoms with Crippen LogP contribution in [0.5, 0.6) is 0 Å². The molecule has 0 atom stereocenters. The number of fused-ring (bicyclic) bond motifs is 1. The number of hydrogen-bond acceptors (Lipinski definition) is 7. The Bertz CT molecular complexity index is 1710. The fraction of sp³-hybridized carbons (Fsp3) is 0.355. The fourth-order valence-corrected chi connectivity index (χ4v) is 4.90. The van der Waals surface area contributed by atoms with Gasteiger partial charge in [0.2, 0.25) is 5.82 Å². The van der Waals surface area contributed by atoms with Crippen molar-refractivity contribution in [2.24, 2.45) is 10.6 Å². The smallest absolute Gasteiger partial charge is 0.277 e. The van der Waals surface area contributed by atoms with E-state index in [1.165, 1.54) is 7.11 Å². The van der Waals surface area contributed by atoms with Crippen LogP contribution in [0.4, 0.5) is 0 Å². The van der Waals surface area contributed by atoms with Crippen molar-refractivity contribution < 1.29 is 4.84 Å². The first-order chi connectivity index (χ1) is 19.8. The number of nitrogens with zero attached hydrogens (tertiary/aromatic N) is 7. The minimum atomic E-state index is -0.249. The van der Waals surface area contributed by atoms with E-state index < -0.39 is 0 Å². The number of aromatic amines is 1. The molecule has 0 spiro atoms. The van der Waals surface area contributed by atoms with Crippen LogP contribution < -0.4 is 5.56 Å². The van der Waals surface area contributed by atoms with E-state index in [1.54, 1.807) is 10.8 Å². The molecule has 1 N–H and O–H groups in total. The van der Waals surface area contributed by atoms with Crippen LogP contribution in [-0.4, -0.2) is 47.6 Å². The molecule has 0 saturated carbocycles. The van der Waals surface area contributed by atoms with Crippen molar-refractivity contribution in [2.45, 2.75) is 60.0 Å². The van der Waals surface area contributed by atoms with E-state index in [1.807, 2.05) is 30.3 Å². The first kappa shape index (κ1) is 27.9. The van der Waals surface area contributed by atoms with Gasteiger partial charge in [-0.25, -0.2) is 4.98 Å². The molecule has 10 heteroatoms. The van der Waals surface area contributed by atoms with E-state index in [9.17, 15) is 4.79 Å². The average Bonchev–Trinajstić information content (AvgIpc) is 3.62. The molecule has 5 aromatic rings. The van der Waals surface area contributed by atoms with Gasteiger partial charge in [-0.2, -0.15) is 5.21 Å². The number of hydrogen-bond donors (Lipinski definition) is 1. The highest BCUT2D eigenvalue weighted by atomic mass is 16.6. The van der Waals surface area contributed by atoms with Crippen LogP contribution in [0.25, 0.3) is 33.5 Å². The van der Waals surface area contributed by atoms with Crippen LogP contribution in [0.2, 0.25) is 0 Å². The number of H-pyrrole nitrogens is 1. The average molecular weight is 553 g/mol. The minimum absolute atomic E-state index is 0.0866. The molecule has 0 bridgehead atoms. The third-order valence-electron chi connectivity index (χ3n) is 7.21. The van der Waals surface area contributed by atoms with E-state index in [2.05, 4.69) is 82.3 Å². The molecule has 0 aliphatic carbocycles. The van der Waals surface area contributed by atoms with Crippen LogP contribution in [0.1, 0.15) is 51.9 Å².